The predicted molar refractivity (Wildman–Crippen MR) is 71.6 cm³/mol. The Bertz CT molecular complexity index is 391. The molecule has 4 nitrogen and oxygen atoms in total. The summed E-state index contributed by atoms with van der Waals surface area (Å²) in [5.41, 5.74) is 1.09. The van der Waals surface area contributed by atoms with Gasteiger partial charge in [0, 0.05) is 32.0 Å². The molecule has 2 rings (SSSR count). The molecule has 1 unspecified atom stereocenters. The van der Waals surface area contributed by atoms with Gasteiger partial charge in [-0.15, -0.1) is 0 Å². The van der Waals surface area contributed by atoms with Crippen LogP contribution in [0.2, 0.25) is 0 Å². The van der Waals surface area contributed by atoms with Gasteiger partial charge in [0.1, 0.15) is 13.2 Å². The molecule has 1 aliphatic rings. The summed E-state index contributed by atoms with van der Waals surface area (Å²) in [5.74, 6) is 1.93. The Kier molecular flexibility index (Phi) is 4.31. The third-order valence-corrected chi connectivity index (χ3v) is 3.33. The van der Waals surface area contributed by atoms with Crippen LogP contribution >= 0.6 is 0 Å². The van der Waals surface area contributed by atoms with E-state index in [4.69, 9.17) is 9.47 Å². The molecule has 0 spiro atoms. The van der Waals surface area contributed by atoms with Gasteiger partial charge in [-0.05, 0) is 24.5 Å². The first-order chi connectivity index (χ1) is 8.74. The van der Waals surface area contributed by atoms with Crippen LogP contribution in [-0.4, -0.2) is 38.5 Å². The van der Waals surface area contributed by atoms with Crippen LogP contribution in [0.15, 0.2) is 18.2 Å². The van der Waals surface area contributed by atoms with E-state index >= 15 is 0 Å². The maximum Gasteiger partial charge on any atom is 0.163 e. The topological polar surface area (TPSA) is 41.9 Å². The van der Waals surface area contributed by atoms with Gasteiger partial charge in [-0.25, -0.2) is 0 Å². The first-order valence-corrected chi connectivity index (χ1v) is 6.46. The van der Waals surface area contributed by atoms with Crippen LogP contribution < -0.4 is 14.4 Å². The Morgan fingerprint density at radius 2 is 2.00 bits per heavy atom. The van der Waals surface area contributed by atoms with Crippen LogP contribution in [0, 0.1) is 5.92 Å². The molecule has 0 aliphatic carbocycles. The molecule has 0 radical (unpaired) electrons. The number of hydrogen-bond acceptors (Lipinski definition) is 4. The van der Waals surface area contributed by atoms with Gasteiger partial charge in [-0.1, -0.05) is 6.92 Å². The zero-order chi connectivity index (χ0) is 13.0. The zero-order valence-corrected chi connectivity index (χ0v) is 11.1. The van der Waals surface area contributed by atoms with E-state index in [1.165, 1.54) is 0 Å². The van der Waals surface area contributed by atoms with E-state index in [0.29, 0.717) is 19.1 Å². The number of fused-ring (bicyclic) bond motifs is 1. The molecule has 1 aromatic carbocycles. The lowest BCUT2D eigenvalue weighted by Crippen LogP contribution is -2.27. The van der Waals surface area contributed by atoms with E-state index in [9.17, 15) is 5.11 Å². The van der Waals surface area contributed by atoms with Crippen molar-refractivity contribution in [2.24, 2.45) is 5.92 Å². The number of hydrogen-bond donors (Lipinski definition) is 1. The lowest BCUT2D eigenvalue weighted by molar-refractivity contribution is 0.171. The molecule has 0 saturated heterocycles. The Hall–Kier alpha value is -1.42. The van der Waals surface area contributed by atoms with Crippen molar-refractivity contribution < 1.29 is 14.6 Å². The standard InChI is InChI=1S/C14H21NO3/c1-3-11(10-16)9-15(2)12-4-5-13-14(8-12)18-7-6-17-13/h4-5,8,11,16H,3,6-7,9-10H2,1-2H3. The minimum Gasteiger partial charge on any atom is -0.486 e. The third kappa shape index (κ3) is 2.88. The smallest absolute Gasteiger partial charge is 0.163 e. The fourth-order valence-corrected chi connectivity index (χ4v) is 2.08. The van der Waals surface area contributed by atoms with E-state index in [1.807, 2.05) is 25.2 Å². The van der Waals surface area contributed by atoms with Crippen molar-refractivity contribution >= 4 is 5.69 Å². The second-order valence-corrected chi connectivity index (χ2v) is 4.67. The first kappa shape index (κ1) is 13.0. The molecule has 0 amide bonds. The van der Waals surface area contributed by atoms with Gasteiger partial charge in [0.2, 0.25) is 0 Å². The highest BCUT2D eigenvalue weighted by molar-refractivity contribution is 5.56. The van der Waals surface area contributed by atoms with E-state index in [-0.39, 0.29) is 6.61 Å². The molecule has 0 aromatic heterocycles. The lowest BCUT2D eigenvalue weighted by atomic mass is 10.1. The molecule has 1 aliphatic heterocycles. The van der Waals surface area contributed by atoms with E-state index in [2.05, 4.69) is 11.8 Å². The fourth-order valence-electron chi connectivity index (χ4n) is 2.08. The largest absolute Gasteiger partial charge is 0.486 e. The molecule has 1 aromatic rings. The van der Waals surface area contributed by atoms with Crippen LogP contribution in [-0.2, 0) is 0 Å². The van der Waals surface area contributed by atoms with Gasteiger partial charge in [0.05, 0.1) is 0 Å². The Morgan fingerprint density at radius 1 is 1.28 bits per heavy atom. The zero-order valence-electron chi connectivity index (χ0n) is 11.1. The summed E-state index contributed by atoms with van der Waals surface area (Å²) in [6.07, 6.45) is 0.978. The quantitative estimate of drug-likeness (QED) is 0.868. The van der Waals surface area contributed by atoms with Crippen molar-refractivity contribution in [3.05, 3.63) is 18.2 Å². The second-order valence-electron chi connectivity index (χ2n) is 4.67. The Labute approximate surface area is 108 Å². The van der Waals surface area contributed by atoms with Crippen molar-refractivity contribution in [1.29, 1.82) is 0 Å². The fraction of sp³-hybridized carbons (Fsp3) is 0.571. The minimum absolute atomic E-state index is 0.228. The Balaban J connectivity index is 2.08. The second kappa shape index (κ2) is 5.96. The Morgan fingerprint density at radius 3 is 2.67 bits per heavy atom. The van der Waals surface area contributed by atoms with Crippen LogP contribution in [0.5, 0.6) is 11.5 Å². The number of anilines is 1. The number of nitrogens with zero attached hydrogens (tertiary/aromatic N) is 1. The number of ether oxygens (including phenoxy) is 2. The van der Waals surface area contributed by atoms with Crippen molar-refractivity contribution in [3.63, 3.8) is 0 Å². The highest BCUT2D eigenvalue weighted by Gasteiger charge is 2.14. The van der Waals surface area contributed by atoms with Crippen LogP contribution in [0.3, 0.4) is 0 Å². The summed E-state index contributed by atoms with van der Waals surface area (Å²) in [5, 5.41) is 9.24. The average molecular weight is 251 g/mol. The van der Waals surface area contributed by atoms with Crippen molar-refractivity contribution in [2.45, 2.75) is 13.3 Å². The highest BCUT2D eigenvalue weighted by Crippen LogP contribution is 2.33. The van der Waals surface area contributed by atoms with Crippen molar-refractivity contribution in [2.75, 3.05) is 38.3 Å². The van der Waals surface area contributed by atoms with Crippen molar-refractivity contribution in [3.8, 4) is 11.5 Å². The monoisotopic (exact) mass is 251 g/mol. The van der Waals surface area contributed by atoms with Gasteiger partial charge < -0.3 is 19.5 Å². The van der Waals surface area contributed by atoms with Gasteiger partial charge in [-0.2, -0.15) is 0 Å². The molecule has 100 valence electrons. The molecule has 0 fully saturated rings. The average Bonchev–Trinajstić information content (AvgIpc) is 2.44. The van der Waals surface area contributed by atoms with E-state index in [0.717, 1.165) is 30.2 Å². The molecule has 0 saturated carbocycles. The molecule has 4 heteroatoms. The van der Waals surface area contributed by atoms with Gasteiger partial charge in [0.15, 0.2) is 11.5 Å². The molecule has 0 bridgehead atoms. The predicted octanol–water partition coefficient (Wildman–Crippen LogP) is 1.91. The van der Waals surface area contributed by atoms with Gasteiger partial charge >= 0.3 is 0 Å². The SMILES string of the molecule is CCC(CO)CN(C)c1ccc2c(c1)OCCO2. The first-order valence-electron chi connectivity index (χ1n) is 6.46. The van der Waals surface area contributed by atoms with Crippen LogP contribution in [0.1, 0.15) is 13.3 Å². The number of benzene rings is 1. The summed E-state index contributed by atoms with van der Waals surface area (Å²) in [6.45, 7) is 4.38. The third-order valence-electron chi connectivity index (χ3n) is 3.33. The summed E-state index contributed by atoms with van der Waals surface area (Å²) < 4.78 is 11.1. The summed E-state index contributed by atoms with van der Waals surface area (Å²) in [6, 6.07) is 5.97. The number of aliphatic hydroxyl groups excluding tert-OH is 1. The number of aliphatic hydroxyl groups is 1. The van der Waals surface area contributed by atoms with Gasteiger partial charge in [0.25, 0.3) is 0 Å². The normalized spacial score (nSPS) is 15.3. The summed E-state index contributed by atoms with van der Waals surface area (Å²) >= 11 is 0. The van der Waals surface area contributed by atoms with Crippen LogP contribution in [0.25, 0.3) is 0 Å². The van der Waals surface area contributed by atoms with Gasteiger partial charge in [-0.3, -0.25) is 0 Å². The summed E-state index contributed by atoms with van der Waals surface area (Å²) in [7, 11) is 2.03. The highest BCUT2D eigenvalue weighted by atomic mass is 16.6. The maximum atomic E-state index is 9.24. The maximum absolute atomic E-state index is 9.24. The van der Waals surface area contributed by atoms with Crippen molar-refractivity contribution in [1.82, 2.24) is 0 Å². The molecular formula is C14H21NO3. The molecule has 1 N–H and O–H groups in total. The van der Waals surface area contributed by atoms with Crippen LogP contribution in [0.4, 0.5) is 5.69 Å². The molecule has 18 heavy (non-hydrogen) atoms. The molecular weight excluding hydrogens is 230 g/mol. The van der Waals surface area contributed by atoms with E-state index < -0.39 is 0 Å². The lowest BCUT2D eigenvalue weighted by Gasteiger charge is -2.26. The minimum atomic E-state index is 0.228. The molecule has 1 heterocycles. The number of rotatable bonds is 5. The molecule has 1 atom stereocenters. The summed E-state index contributed by atoms with van der Waals surface area (Å²) in [4.78, 5) is 2.14. The van der Waals surface area contributed by atoms with E-state index in [1.54, 1.807) is 0 Å².